The summed E-state index contributed by atoms with van der Waals surface area (Å²) in [7, 11) is 0. The average molecular weight is 328 g/mol. The topological polar surface area (TPSA) is 49.6 Å². The smallest absolute Gasteiger partial charge is 0.242 e. The number of thiophene rings is 1. The zero-order valence-corrected chi connectivity index (χ0v) is 13.8. The highest BCUT2D eigenvalue weighted by Gasteiger charge is 2.40. The van der Waals surface area contributed by atoms with E-state index in [-0.39, 0.29) is 5.91 Å². The first-order valence-electron chi connectivity index (χ1n) is 7.62. The van der Waals surface area contributed by atoms with Gasteiger partial charge in [-0.25, -0.2) is 0 Å². The molecule has 1 aliphatic heterocycles. The van der Waals surface area contributed by atoms with Crippen molar-refractivity contribution in [1.29, 1.82) is 0 Å². The molecule has 2 heterocycles. The fraction of sp³-hybridized carbons (Fsp3) is 0.667. The standard InChI is InChI=1S/C15H22ClN3OS/c16-13-4-3-12(21-13)11-18-7-9-19(10-8-18)14(20)15(17)5-1-2-6-15/h3-4H,1-2,5-11,17H2. The van der Waals surface area contributed by atoms with E-state index >= 15 is 0 Å². The van der Waals surface area contributed by atoms with E-state index in [0.29, 0.717) is 0 Å². The quantitative estimate of drug-likeness (QED) is 0.927. The Morgan fingerprint density at radius 3 is 2.48 bits per heavy atom. The summed E-state index contributed by atoms with van der Waals surface area (Å²) >= 11 is 7.60. The second-order valence-corrected chi connectivity index (χ2v) is 7.94. The Balaban J connectivity index is 1.52. The van der Waals surface area contributed by atoms with Crippen molar-refractivity contribution in [3.63, 3.8) is 0 Å². The summed E-state index contributed by atoms with van der Waals surface area (Å²) in [6, 6.07) is 4.03. The van der Waals surface area contributed by atoms with Gasteiger partial charge < -0.3 is 10.6 Å². The number of hydrogen-bond donors (Lipinski definition) is 1. The van der Waals surface area contributed by atoms with Crippen LogP contribution in [0.25, 0.3) is 0 Å². The summed E-state index contributed by atoms with van der Waals surface area (Å²) in [5.74, 6) is 0.166. The largest absolute Gasteiger partial charge is 0.339 e. The van der Waals surface area contributed by atoms with E-state index in [4.69, 9.17) is 17.3 Å². The van der Waals surface area contributed by atoms with Gasteiger partial charge in [0.2, 0.25) is 5.91 Å². The van der Waals surface area contributed by atoms with Gasteiger partial charge >= 0.3 is 0 Å². The van der Waals surface area contributed by atoms with Crippen LogP contribution in [0.1, 0.15) is 30.6 Å². The molecule has 4 nitrogen and oxygen atoms in total. The van der Waals surface area contributed by atoms with Gasteiger partial charge in [0.05, 0.1) is 9.88 Å². The fourth-order valence-electron chi connectivity index (χ4n) is 3.30. The molecule has 0 atom stereocenters. The highest BCUT2D eigenvalue weighted by Crippen LogP contribution is 2.29. The molecule has 0 unspecified atom stereocenters. The number of piperazine rings is 1. The lowest BCUT2D eigenvalue weighted by molar-refractivity contribution is -0.138. The lowest BCUT2D eigenvalue weighted by atomic mass is 9.97. The van der Waals surface area contributed by atoms with Crippen LogP contribution >= 0.6 is 22.9 Å². The first-order valence-corrected chi connectivity index (χ1v) is 8.81. The summed E-state index contributed by atoms with van der Waals surface area (Å²) in [5.41, 5.74) is 5.70. The molecule has 2 N–H and O–H groups in total. The SMILES string of the molecule is NC1(C(=O)N2CCN(Cc3ccc(Cl)s3)CC2)CCCC1. The second-order valence-electron chi connectivity index (χ2n) is 6.14. The van der Waals surface area contributed by atoms with Crippen molar-refractivity contribution in [3.8, 4) is 0 Å². The summed E-state index contributed by atoms with van der Waals surface area (Å²) in [5, 5.41) is 0. The monoisotopic (exact) mass is 327 g/mol. The van der Waals surface area contributed by atoms with Crippen LogP contribution in [-0.2, 0) is 11.3 Å². The van der Waals surface area contributed by atoms with Gasteiger partial charge in [-0.05, 0) is 25.0 Å². The minimum absolute atomic E-state index is 0.166. The van der Waals surface area contributed by atoms with Crippen molar-refractivity contribution in [1.82, 2.24) is 9.80 Å². The highest BCUT2D eigenvalue weighted by molar-refractivity contribution is 7.16. The number of hydrogen-bond acceptors (Lipinski definition) is 4. The molecule has 1 saturated carbocycles. The minimum atomic E-state index is -0.580. The maximum atomic E-state index is 12.6. The highest BCUT2D eigenvalue weighted by atomic mass is 35.5. The van der Waals surface area contributed by atoms with Crippen LogP contribution in [0.2, 0.25) is 4.34 Å². The number of nitrogens with zero attached hydrogens (tertiary/aromatic N) is 2. The predicted molar refractivity (Wildman–Crippen MR) is 86.6 cm³/mol. The number of carbonyl (C=O) groups is 1. The van der Waals surface area contributed by atoms with Crippen LogP contribution in [0.3, 0.4) is 0 Å². The van der Waals surface area contributed by atoms with Crippen molar-refractivity contribution < 1.29 is 4.79 Å². The number of halogens is 1. The normalized spacial score (nSPS) is 22.7. The first kappa shape index (κ1) is 15.3. The maximum Gasteiger partial charge on any atom is 0.242 e. The summed E-state index contributed by atoms with van der Waals surface area (Å²) in [6.07, 6.45) is 3.86. The van der Waals surface area contributed by atoms with Gasteiger partial charge in [-0.3, -0.25) is 9.69 Å². The van der Waals surface area contributed by atoms with Gasteiger partial charge in [-0.15, -0.1) is 11.3 Å². The Bertz CT molecular complexity index is 505. The number of rotatable bonds is 3. The zero-order chi connectivity index (χ0) is 14.9. The van der Waals surface area contributed by atoms with Crippen molar-refractivity contribution >= 4 is 28.8 Å². The zero-order valence-electron chi connectivity index (χ0n) is 12.2. The number of carbonyl (C=O) groups excluding carboxylic acids is 1. The molecular formula is C15H22ClN3OS. The van der Waals surface area contributed by atoms with Crippen LogP contribution in [0.15, 0.2) is 12.1 Å². The van der Waals surface area contributed by atoms with Crippen LogP contribution in [0.5, 0.6) is 0 Å². The lowest BCUT2D eigenvalue weighted by Crippen LogP contribution is -2.58. The van der Waals surface area contributed by atoms with Gasteiger partial charge in [-0.1, -0.05) is 24.4 Å². The minimum Gasteiger partial charge on any atom is -0.339 e. The van der Waals surface area contributed by atoms with Crippen LogP contribution in [-0.4, -0.2) is 47.4 Å². The molecule has 1 aliphatic carbocycles. The third kappa shape index (κ3) is 3.42. The van der Waals surface area contributed by atoms with Crippen molar-refractivity contribution in [2.75, 3.05) is 26.2 Å². The van der Waals surface area contributed by atoms with Gasteiger partial charge in [0.25, 0.3) is 0 Å². The average Bonchev–Trinajstić information content (AvgIpc) is 3.09. The molecule has 3 rings (SSSR count). The Morgan fingerprint density at radius 1 is 1.24 bits per heavy atom. The molecule has 2 aliphatic rings. The summed E-state index contributed by atoms with van der Waals surface area (Å²) in [4.78, 5) is 18.2. The Labute approximate surface area is 134 Å². The predicted octanol–water partition coefficient (Wildman–Crippen LogP) is 2.32. The molecule has 1 amide bonds. The van der Waals surface area contributed by atoms with Crippen LogP contribution < -0.4 is 5.73 Å². The van der Waals surface area contributed by atoms with Gasteiger partial charge in [0.15, 0.2) is 0 Å². The molecule has 0 aromatic carbocycles. The third-order valence-corrected chi connectivity index (χ3v) is 5.81. The molecular weight excluding hydrogens is 306 g/mol. The van der Waals surface area contributed by atoms with E-state index in [2.05, 4.69) is 11.0 Å². The number of nitrogens with two attached hydrogens (primary N) is 1. The van der Waals surface area contributed by atoms with E-state index in [1.165, 1.54) is 4.88 Å². The number of amides is 1. The Hall–Kier alpha value is -0.620. The van der Waals surface area contributed by atoms with E-state index in [1.807, 2.05) is 11.0 Å². The van der Waals surface area contributed by atoms with Gasteiger partial charge in [0.1, 0.15) is 0 Å². The molecule has 1 aromatic rings. The Kier molecular flexibility index (Phi) is 4.54. The molecule has 1 saturated heterocycles. The van der Waals surface area contributed by atoms with E-state index < -0.39 is 5.54 Å². The summed E-state index contributed by atoms with van der Waals surface area (Å²) < 4.78 is 0.838. The Morgan fingerprint density at radius 2 is 1.90 bits per heavy atom. The first-order chi connectivity index (χ1) is 10.1. The molecule has 0 bridgehead atoms. The van der Waals surface area contributed by atoms with Gasteiger partial charge in [-0.2, -0.15) is 0 Å². The van der Waals surface area contributed by atoms with Gasteiger partial charge in [0, 0.05) is 37.6 Å². The van der Waals surface area contributed by atoms with Crippen molar-refractivity contribution in [3.05, 3.63) is 21.3 Å². The maximum absolute atomic E-state index is 12.6. The lowest BCUT2D eigenvalue weighted by Gasteiger charge is -2.38. The molecule has 6 heteroatoms. The second kappa shape index (κ2) is 6.24. The molecule has 0 spiro atoms. The molecule has 0 radical (unpaired) electrons. The van der Waals surface area contributed by atoms with E-state index in [0.717, 1.165) is 62.7 Å². The van der Waals surface area contributed by atoms with Crippen molar-refractivity contribution in [2.45, 2.75) is 37.8 Å². The van der Waals surface area contributed by atoms with Crippen molar-refractivity contribution in [2.24, 2.45) is 5.73 Å². The third-order valence-electron chi connectivity index (χ3n) is 4.59. The molecule has 116 valence electrons. The molecule has 2 fully saturated rings. The molecule has 1 aromatic heterocycles. The van der Waals surface area contributed by atoms with Crippen LogP contribution in [0.4, 0.5) is 0 Å². The van der Waals surface area contributed by atoms with Crippen LogP contribution in [0, 0.1) is 0 Å². The fourth-order valence-corrected chi connectivity index (χ4v) is 4.43. The molecule has 21 heavy (non-hydrogen) atoms. The van der Waals surface area contributed by atoms with E-state index in [9.17, 15) is 4.79 Å². The van der Waals surface area contributed by atoms with E-state index in [1.54, 1.807) is 11.3 Å². The summed E-state index contributed by atoms with van der Waals surface area (Å²) in [6.45, 7) is 4.33.